The predicted octanol–water partition coefficient (Wildman–Crippen LogP) is 0.516. The first kappa shape index (κ1) is 8.97. The minimum Gasteiger partial charge on any atom is -0.478 e. The van der Waals surface area contributed by atoms with Gasteiger partial charge in [-0.25, -0.2) is 4.79 Å². The zero-order valence-corrected chi connectivity index (χ0v) is 5.83. The van der Waals surface area contributed by atoms with Gasteiger partial charge in [-0.2, -0.15) is 0 Å². The zero-order chi connectivity index (χ0) is 7.82. The molecule has 0 spiro atoms. The van der Waals surface area contributed by atoms with Gasteiger partial charge in [0.1, 0.15) is 0 Å². The lowest BCUT2D eigenvalue weighted by Crippen LogP contribution is -2.07. The van der Waals surface area contributed by atoms with Crippen LogP contribution in [0.2, 0.25) is 0 Å². The molecular weight excluding hydrogens is 134 g/mol. The molecule has 0 saturated carbocycles. The highest BCUT2D eigenvalue weighted by atomic mass is 16.6. The summed E-state index contributed by atoms with van der Waals surface area (Å²) in [6.45, 7) is 2.53. The fraction of sp³-hybridized carbons (Fsp3) is 0.500. The number of hydroxylamine groups is 1. The van der Waals surface area contributed by atoms with Crippen molar-refractivity contribution in [2.75, 3.05) is 6.61 Å². The molecule has 0 aliphatic carbocycles. The number of aliphatic carboxylic acids is 1. The molecule has 0 amide bonds. The number of carboxylic acid groups (broad SMARTS) is 1. The molecule has 4 heteroatoms. The van der Waals surface area contributed by atoms with Gasteiger partial charge in [0.15, 0.2) is 0 Å². The van der Waals surface area contributed by atoms with E-state index in [1.165, 1.54) is 6.20 Å². The van der Waals surface area contributed by atoms with Crippen LogP contribution in [0.15, 0.2) is 12.3 Å². The molecule has 4 nitrogen and oxygen atoms in total. The summed E-state index contributed by atoms with van der Waals surface area (Å²) in [6, 6.07) is 0. The molecule has 0 aromatic rings. The molecule has 0 bridgehead atoms. The Bertz CT molecular complexity index is 122. The average Bonchev–Trinajstić information content (AvgIpc) is 1.87. The van der Waals surface area contributed by atoms with Gasteiger partial charge in [-0.05, 0) is 6.42 Å². The topological polar surface area (TPSA) is 58.6 Å². The fourth-order valence-electron chi connectivity index (χ4n) is 0.314. The van der Waals surface area contributed by atoms with Gasteiger partial charge < -0.3 is 5.11 Å². The lowest BCUT2D eigenvalue weighted by Gasteiger charge is -1.96. The molecule has 0 aromatic carbocycles. The molecule has 0 saturated heterocycles. The molecule has 0 aliphatic rings. The molecule has 0 radical (unpaired) electrons. The number of rotatable bonds is 5. The maximum absolute atomic E-state index is 9.85. The highest BCUT2D eigenvalue weighted by Crippen LogP contribution is 1.75. The quantitative estimate of drug-likeness (QED) is 0.336. The molecule has 0 unspecified atom stereocenters. The van der Waals surface area contributed by atoms with E-state index in [0.717, 1.165) is 12.5 Å². The maximum Gasteiger partial charge on any atom is 0.329 e. The van der Waals surface area contributed by atoms with E-state index in [1.807, 2.05) is 6.92 Å². The Morgan fingerprint density at radius 1 is 1.80 bits per heavy atom. The molecule has 10 heavy (non-hydrogen) atoms. The molecule has 0 aliphatic heterocycles. The van der Waals surface area contributed by atoms with E-state index >= 15 is 0 Å². The molecular formula is C6H11NO3. The van der Waals surface area contributed by atoms with Crippen LogP contribution in [0.25, 0.3) is 0 Å². The molecule has 0 fully saturated rings. The standard InChI is InChI=1S/C6H11NO3/c1-2-5-10-7-4-3-6(8)9/h3-4,7H,2,5H2,1H3,(H,8,9)/b4-3+. The van der Waals surface area contributed by atoms with E-state index < -0.39 is 5.97 Å². The minimum atomic E-state index is -0.993. The van der Waals surface area contributed by atoms with Crippen LogP contribution in [0.4, 0.5) is 0 Å². The second-order valence-corrected chi connectivity index (χ2v) is 1.64. The van der Waals surface area contributed by atoms with Gasteiger partial charge in [0.25, 0.3) is 0 Å². The van der Waals surface area contributed by atoms with Crippen LogP contribution in [0.5, 0.6) is 0 Å². The number of hydrogen-bond donors (Lipinski definition) is 2. The van der Waals surface area contributed by atoms with Gasteiger partial charge in [-0.15, -0.1) is 0 Å². The van der Waals surface area contributed by atoms with Crippen LogP contribution < -0.4 is 5.48 Å². The van der Waals surface area contributed by atoms with Crippen LogP contribution in [0.3, 0.4) is 0 Å². The molecule has 0 rings (SSSR count). The normalized spacial score (nSPS) is 10.1. The first-order valence-electron chi connectivity index (χ1n) is 3.04. The Labute approximate surface area is 59.4 Å². The Morgan fingerprint density at radius 2 is 2.50 bits per heavy atom. The van der Waals surface area contributed by atoms with E-state index in [0.29, 0.717) is 6.61 Å². The van der Waals surface area contributed by atoms with Crippen LogP contribution in [-0.2, 0) is 9.63 Å². The van der Waals surface area contributed by atoms with Crippen molar-refractivity contribution in [1.29, 1.82) is 0 Å². The molecule has 58 valence electrons. The SMILES string of the molecule is CCCON/C=C/C(=O)O. The average molecular weight is 145 g/mol. The summed E-state index contributed by atoms with van der Waals surface area (Å²) in [5, 5.41) is 8.09. The van der Waals surface area contributed by atoms with E-state index in [1.54, 1.807) is 0 Å². The van der Waals surface area contributed by atoms with E-state index in [2.05, 4.69) is 5.48 Å². The number of hydrogen-bond acceptors (Lipinski definition) is 3. The third-order valence-corrected chi connectivity index (χ3v) is 0.683. The van der Waals surface area contributed by atoms with Crippen LogP contribution in [-0.4, -0.2) is 17.7 Å². The van der Waals surface area contributed by atoms with Gasteiger partial charge >= 0.3 is 5.97 Å². The lowest BCUT2D eigenvalue weighted by atomic mass is 10.5. The van der Waals surface area contributed by atoms with Gasteiger partial charge in [-0.1, -0.05) is 6.92 Å². The van der Waals surface area contributed by atoms with Gasteiger partial charge in [0.05, 0.1) is 6.61 Å². The van der Waals surface area contributed by atoms with Crippen molar-refractivity contribution in [3.05, 3.63) is 12.3 Å². The predicted molar refractivity (Wildman–Crippen MR) is 36.2 cm³/mol. The number of nitrogens with one attached hydrogen (secondary N) is 1. The fourth-order valence-corrected chi connectivity index (χ4v) is 0.314. The summed E-state index contributed by atoms with van der Waals surface area (Å²) in [5.74, 6) is -0.993. The molecule has 2 N–H and O–H groups in total. The molecule has 0 aromatic heterocycles. The van der Waals surface area contributed by atoms with Gasteiger partial charge in [-0.3, -0.25) is 10.3 Å². The second kappa shape index (κ2) is 6.10. The van der Waals surface area contributed by atoms with Crippen molar-refractivity contribution in [3.8, 4) is 0 Å². The Balaban J connectivity index is 3.10. The smallest absolute Gasteiger partial charge is 0.329 e. The van der Waals surface area contributed by atoms with E-state index in [4.69, 9.17) is 9.94 Å². The summed E-state index contributed by atoms with van der Waals surface area (Å²) in [6.07, 6.45) is 3.10. The minimum absolute atomic E-state index is 0.573. The zero-order valence-electron chi connectivity index (χ0n) is 5.83. The largest absolute Gasteiger partial charge is 0.478 e. The lowest BCUT2D eigenvalue weighted by molar-refractivity contribution is -0.131. The van der Waals surface area contributed by atoms with Crippen LogP contribution in [0, 0.1) is 0 Å². The number of carbonyl (C=O) groups is 1. The van der Waals surface area contributed by atoms with Gasteiger partial charge in [0.2, 0.25) is 0 Å². The van der Waals surface area contributed by atoms with Gasteiger partial charge in [0, 0.05) is 12.3 Å². The summed E-state index contributed by atoms with van der Waals surface area (Å²) in [4.78, 5) is 14.6. The maximum atomic E-state index is 9.85. The van der Waals surface area contributed by atoms with Crippen molar-refractivity contribution in [1.82, 2.24) is 5.48 Å². The Hall–Kier alpha value is -1.03. The molecule has 0 heterocycles. The number of carboxylic acids is 1. The van der Waals surface area contributed by atoms with Crippen LogP contribution >= 0.6 is 0 Å². The highest BCUT2D eigenvalue weighted by molar-refractivity contribution is 5.79. The third kappa shape index (κ3) is 6.97. The van der Waals surface area contributed by atoms with Crippen molar-refractivity contribution < 1.29 is 14.7 Å². The summed E-state index contributed by atoms with van der Waals surface area (Å²) in [5.41, 5.74) is 2.36. The van der Waals surface area contributed by atoms with Crippen molar-refractivity contribution in [3.63, 3.8) is 0 Å². The van der Waals surface area contributed by atoms with E-state index in [9.17, 15) is 4.79 Å². The van der Waals surface area contributed by atoms with Crippen molar-refractivity contribution in [2.45, 2.75) is 13.3 Å². The van der Waals surface area contributed by atoms with Crippen molar-refractivity contribution in [2.24, 2.45) is 0 Å². The summed E-state index contributed by atoms with van der Waals surface area (Å²) >= 11 is 0. The third-order valence-electron chi connectivity index (χ3n) is 0.683. The van der Waals surface area contributed by atoms with Crippen LogP contribution in [0.1, 0.15) is 13.3 Å². The molecule has 0 atom stereocenters. The monoisotopic (exact) mass is 145 g/mol. The first-order chi connectivity index (χ1) is 4.77. The van der Waals surface area contributed by atoms with E-state index in [-0.39, 0.29) is 0 Å². The summed E-state index contributed by atoms with van der Waals surface area (Å²) < 4.78 is 0. The first-order valence-corrected chi connectivity index (χ1v) is 3.04. The highest BCUT2D eigenvalue weighted by Gasteiger charge is 1.82. The summed E-state index contributed by atoms with van der Waals surface area (Å²) in [7, 11) is 0. The Kier molecular flexibility index (Phi) is 5.47. The van der Waals surface area contributed by atoms with Crippen molar-refractivity contribution >= 4 is 5.97 Å². The Morgan fingerprint density at radius 3 is 3.00 bits per heavy atom. The second-order valence-electron chi connectivity index (χ2n) is 1.64.